The number of hydrogen-bond donors (Lipinski definition) is 0. The number of methoxy groups -OCH3 is 1. The van der Waals surface area contributed by atoms with E-state index in [1.807, 2.05) is 13.8 Å². The first kappa shape index (κ1) is 20.1. The molecule has 0 aliphatic heterocycles. The minimum absolute atomic E-state index is 0.0674. The fourth-order valence-electron chi connectivity index (χ4n) is 4.95. The number of Topliss-reactive ketones (excluding diaryl/α,β-unsaturated/α-hetero) is 2. The summed E-state index contributed by atoms with van der Waals surface area (Å²) >= 11 is 0. The summed E-state index contributed by atoms with van der Waals surface area (Å²) in [6.45, 7) is 15.1. The van der Waals surface area contributed by atoms with Crippen LogP contribution in [0.25, 0.3) is 0 Å². The lowest BCUT2D eigenvalue weighted by molar-refractivity contribution is -0.170. The molecule has 2 aliphatic rings. The van der Waals surface area contributed by atoms with Gasteiger partial charge in [-0.1, -0.05) is 32.1 Å². The fourth-order valence-corrected chi connectivity index (χ4v) is 4.95. The average molecular weight is 356 g/mol. The van der Waals surface area contributed by atoms with Gasteiger partial charge in [-0.3, -0.25) is 9.59 Å². The van der Waals surface area contributed by atoms with Crippen LogP contribution in [0.2, 0.25) is 0 Å². The summed E-state index contributed by atoms with van der Waals surface area (Å²) in [6.07, 6.45) is 7.12. The molecule has 2 bridgehead atoms. The molecule has 140 valence electrons. The van der Waals surface area contributed by atoms with Crippen LogP contribution in [-0.4, -0.2) is 25.0 Å². The summed E-state index contributed by atoms with van der Waals surface area (Å²) in [5.41, 5.74) is -3.11. The maximum absolute atomic E-state index is 13.7. The van der Waals surface area contributed by atoms with Gasteiger partial charge in [-0.2, -0.15) is 0 Å². The smallest absolute Gasteiger partial charge is 0.176 e. The van der Waals surface area contributed by atoms with E-state index in [0.717, 1.165) is 0 Å². The molecule has 0 saturated heterocycles. The van der Waals surface area contributed by atoms with Crippen LogP contribution in [0.5, 0.6) is 0 Å². The topological polar surface area (TPSA) is 60.4 Å². The number of hydrogen-bond acceptors (Lipinski definition) is 4. The van der Waals surface area contributed by atoms with E-state index in [1.165, 1.54) is 7.11 Å². The maximum atomic E-state index is 13.7. The van der Waals surface area contributed by atoms with Crippen LogP contribution < -0.4 is 0 Å². The zero-order valence-corrected chi connectivity index (χ0v) is 16.0. The molecule has 4 heteroatoms. The number of carbonyl (C=O) groups is 3. The first-order valence-electron chi connectivity index (χ1n) is 8.91. The Hall–Kier alpha value is -2.23. The monoisotopic (exact) mass is 356 g/mol. The summed E-state index contributed by atoms with van der Waals surface area (Å²) in [4.78, 5) is 39.7. The standard InChI is InChI=1S/C22H28O4/c1-7-10-15-13-21(12-9-3)17(24)16(11-8-2)18(26-6)22(14-23,19(21)25)20(15,4)5/h7-9,14-15H,1-3,10-13H2,4-6H3/t15-,21+,22-/m0/s1. The summed E-state index contributed by atoms with van der Waals surface area (Å²) in [5, 5.41) is 0. The second-order valence-corrected chi connectivity index (χ2v) is 7.81. The maximum Gasteiger partial charge on any atom is 0.176 e. The molecule has 2 rings (SSSR count). The number of carbonyl (C=O) groups excluding carboxylic acids is 3. The third-order valence-electron chi connectivity index (χ3n) is 6.44. The zero-order valence-electron chi connectivity index (χ0n) is 16.0. The minimum atomic E-state index is -1.50. The fraction of sp³-hybridized carbons (Fsp3) is 0.500. The molecule has 0 aromatic rings. The highest BCUT2D eigenvalue weighted by Gasteiger charge is 2.72. The van der Waals surface area contributed by atoms with Crippen LogP contribution >= 0.6 is 0 Å². The highest BCUT2D eigenvalue weighted by molar-refractivity contribution is 6.24. The third kappa shape index (κ3) is 2.24. The molecule has 0 amide bonds. The summed E-state index contributed by atoms with van der Waals surface area (Å²) < 4.78 is 5.57. The number of ether oxygens (including phenoxy) is 1. The van der Waals surface area contributed by atoms with Crippen molar-refractivity contribution in [2.24, 2.45) is 22.2 Å². The van der Waals surface area contributed by atoms with Crippen LogP contribution in [0.3, 0.4) is 0 Å². The Morgan fingerprint density at radius 2 is 1.81 bits per heavy atom. The highest BCUT2D eigenvalue weighted by atomic mass is 16.5. The molecule has 26 heavy (non-hydrogen) atoms. The minimum Gasteiger partial charge on any atom is -0.499 e. The van der Waals surface area contributed by atoms with Gasteiger partial charge in [-0.25, -0.2) is 0 Å². The molecular weight excluding hydrogens is 328 g/mol. The van der Waals surface area contributed by atoms with Crippen LogP contribution in [0.4, 0.5) is 0 Å². The van der Waals surface area contributed by atoms with Crippen molar-refractivity contribution in [2.75, 3.05) is 7.11 Å². The molecule has 0 unspecified atom stereocenters. The summed E-state index contributed by atoms with van der Waals surface area (Å²) in [7, 11) is 1.41. The second-order valence-electron chi connectivity index (χ2n) is 7.81. The van der Waals surface area contributed by atoms with Gasteiger partial charge in [-0.05, 0) is 37.0 Å². The Kier molecular flexibility index (Phi) is 5.27. The van der Waals surface area contributed by atoms with Crippen LogP contribution in [-0.2, 0) is 19.1 Å². The number of aldehydes is 1. The predicted molar refractivity (Wildman–Crippen MR) is 101 cm³/mol. The number of ketones is 2. The Bertz CT molecular complexity index is 712. The number of fused-ring (bicyclic) bond motifs is 2. The molecule has 1 fully saturated rings. The Morgan fingerprint density at radius 1 is 1.15 bits per heavy atom. The van der Waals surface area contributed by atoms with Gasteiger partial charge >= 0.3 is 0 Å². The van der Waals surface area contributed by atoms with Crippen molar-refractivity contribution in [3.05, 3.63) is 49.3 Å². The molecule has 0 heterocycles. The molecule has 0 spiro atoms. The molecule has 4 nitrogen and oxygen atoms in total. The lowest BCUT2D eigenvalue weighted by Crippen LogP contribution is -2.66. The molecule has 0 N–H and O–H groups in total. The molecule has 0 aromatic carbocycles. The van der Waals surface area contributed by atoms with Crippen molar-refractivity contribution >= 4 is 17.9 Å². The first-order chi connectivity index (χ1) is 12.2. The molecule has 1 saturated carbocycles. The lowest BCUT2D eigenvalue weighted by Gasteiger charge is -2.58. The Morgan fingerprint density at radius 3 is 2.27 bits per heavy atom. The van der Waals surface area contributed by atoms with Gasteiger partial charge in [0.15, 0.2) is 11.6 Å². The predicted octanol–water partition coefficient (Wildman–Crippen LogP) is 3.98. The first-order valence-corrected chi connectivity index (χ1v) is 8.91. The third-order valence-corrected chi connectivity index (χ3v) is 6.44. The zero-order chi connectivity index (χ0) is 19.8. The molecule has 3 atom stereocenters. The van der Waals surface area contributed by atoms with E-state index >= 15 is 0 Å². The van der Waals surface area contributed by atoms with Gasteiger partial charge in [-0.15, -0.1) is 19.7 Å². The van der Waals surface area contributed by atoms with Crippen molar-refractivity contribution in [2.45, 2.75) is 39.5 Å². The van der Waals surface area contributed by atoms with Gasteiger partial charge in [0.05, 0.1) is 12.5 Å². The Labute approximate surface area is 155 Å². The average Bonchev–Trinajstić information content (AvgIpc) is 2.60. The van der Waals surface area contributed by atoms with Gasteiger partial charge in [0, 0.05) is 5.57 Å². The summed E-state index contributed by atoms with van der Waals surface area (Å²) in [6, 6.07) is 0. The van der Waals surface area contributed by atoms with E-state index in [1.54, 1.807) is 18.2 Å². The number of allylic oxidation sites excluding steroid dienone is 5. The van der Waals surface area contributed by atoms with Crippen molar-refractivity contribution < 1.29 is 19.1 Å². The Balaban J connectivity index is 2.96. The largest absolute Gasteiger partial charge is 0.499 e. The SMILES string of the molecule is C=CCC1=C(OC)[C@@]2(C=O)C(=O)[C@](CC=C)(C[C@H](CC=C)C2(C)C)C1=O. The van der Waals surface area contributed by atoms with Crippen molar-refractivity contribution in [1.29, 1.82) is 0 Å². The van der Waals surface area contributed by atoms with E-state index in [2.05, 4.69) is 19.7 Å². The van der Waals surface area contributed by atoms with Gasteiger partial charge in [0.2, 0.25) is 0 Å². The molecule has 0 aromatic heterocycles. The van der Waals surface area contributed by atoms with Crippen LogP contribution in [0, 0.1) is 22.2 Å². The van der Waals surface area contributed by atoms with Crippen LogP contribution in [0.1, 0.15) is 39.5 Å². The highest BCUT2D eigenvalue weighted by Crippen LogP contribution is 2.65. The second kappa shape index (κ2) is 6.82. The quantitative estimate of drug-likeness (QED) is 0.375. The van der Waals surface area contributed by atoms with E-state index in [0.29, 0.717) is 24.7 Å². The van der Waals surface area contributed by atoms with Crippen molar-refractivity contribution in [1.82, 2.24) is 0 Å². The van der Waals surface area contributed by atoms with Crippen molar-refractivity contribution in [3.63, 3.8) is 0 Å². The van der Waals surface area contributed by atoms with Gasteiger partial charge < -0.3 is 9.53 Å². The lowest BCUT2D eigenvalue weighted by atomic mass is 9.41. The number of rotatable bonds is 8. The van der Waals surface area contributed by atoms with Crippen LogP contribution in [0.15, 0.2) is 49.3 Å². The normalized spacial score (nSPS) is 32.8. The molecule has 2 aliphatic carbocycles. The van der Waals surface area contributed by atoms with E-state index in [-0.39, 0.29) is 36.1 Å². The van der Waals surface area contributed by atoms with Gasteiger partial charge in [0.1, 0.15) is 17.5 Å². The van der Waals surface area contributed by atoms with Gasteiger partial charge in [0.25, 0.3) is 0 Å². The van der Waals surface area contributed by atoms with E-state index < -0.39 is 16.2 Å². The molecular formula is C22H28O4. The summed E-state index contributed by atoms with van der Waals surface area (Å²) in [5.74, 6) is -0.510. The van der Waals surface area contributed by atoms with Crippen molar-refractivity contribution in [3.8, 4) is 0 Å². The van der Waals surface area contributed by atoms with E-state index in [9.17, 15) is 14.4 Å². The van der Waals surface area contributed by atoms with E-state index in [4.69, 9.17) is 4.74 Å². The molecule has 0 radical (unpaired) electrons.